The first-order chi connectivity index (χ1) is 10.7. The SMILES string of the molecule is Cc1nc(C(C)C)sc1C(=O)N1CCCC(CNS(C)(=O)=O)C1. The molecule has 1 N–H and O–H groups in total. The first kappa shape index (κ1) is 18.4. The first-order valence-corrected chi connectivity index (χ1v) is 10.6. The Bertz CT molecular complexity index is 668. The summed E-state index contributed by atoms with van der Waals surface area (Å²) in [5.74, 6) is 0.504. The van der Waals surface area contributed by atoms with Crippen LogP contribution < -0.4 is 4.72 Å². The number of carbonyl (C=O) groups is 1. The number of nitrogens with one attached hydrogen (secondary N) is 1. The van der Waals surface area contributed by atoms with Gasteiger partial charge in [0, 0.05) is 25.6 Å². The van der Waals surface area contributed by atoms with Gasteiger partial charge in [-0.05, 0) is 25.7 Å². The van der Waals surface area contributed by atoms with Gasteiger partial charge in [0.05, 0.1) is 17.0 Å². The standard InChI is InChI=1S/C15H25N3O3S2/c1-10(2)14-17-11(3)13(22-14)15(19)18-7-5-6-12(9-18)8-16-23(4,20)21/h10,12,16H,5-9H2,1-4H3. The lowest BCUT2D eigenvalue weighted by atomic mass is 9.98. The molecule has 2 rings (SSSR count). The van der Waals surface area contributed by atoms with Gasteiger partial charge in [-0.3, -0.25) is 4.79 Å². The Morgan fingerprint density at radius 1 is 1.48 bits per heavy atom. The predicted molar refractivity (Wildman–Crippen MR) is 92.4 cm³/mol. The molecule has 6 nitrogen and oxygen atoms in total. The van der Waals surface area contributed by atoms with Crippen LogP contribution in [0.1, 0.15) is 53.0 Å². The monoisotopic (exact) mass is 359 g/mol. The van der Waals surface area contributed by atoms with E-state index in [0.717, 1.165) is 36.3 Å². The number of sulfonamides is 1. The van der Waals surface area contributed by atoms with Gasteiger partial charge in [0.25, 0.3) is 5.91 Å². The highest BCUT2D eigenvalue weighted by atomic mass is 32.2. The Balaban J connectivity index is 2.04. The van der Waals surface area contributed by atoms with Crippen molar-refractivity contribution in [2.45, 2.75) is 39.5 Å². The van der Waals surface area contributed by atoms with E-state index in [4.69, 9.17) is 0 Å². The fourth-order valence-corrected chi connectivity index (χ4v) is 4.27. The number of aryl methyl sites for hydroxylation is 1. The lowest BCUT2D eigenvalue weighted by Gasteiger charge is -2.32. The van der Waals surface area contributed by atoms with Crippen LogP contribution in [0.15, 0.2) is 0 Å². The zero-order valence-corrected chi connectivity index (χ0v) is 15.8. The molecule has 0 saturated carbocycles. The van der Waals surface area contributed by atoms with E-state index < -0.39 is 10.0 Å². The maximum atomic E-state index is 12.8. The summed E-state index contributed by atoms with van der Waals surface area (Å²) in [5, 5.41) is 0.984. The summed E-state index contributed by atoms with van der Waals surface area (Å²) in [7, 11) is -3.19. The molecule has 2 heterocycles. The Hall–Kier alpha value is -0.990. The van der Waals surface area contributed by atoms with Gasteiger partial charge in [-0.2, -0.15) is 0 Å². The largest absolute Gasteiger partial charge is 0.338 e. The van der Waals surface area contributed by atoms with Gasteiger partial charge in [0.15, 0.2) is 0 Å². The van der Waals surface area contributed by atoms with E-state index >= 15 is 0 Å². The molecule has 1 unspecified atom stereocenters. The van der Waals surface area contributed by atoms with Crippen molar-refractivity contribution < 1.29 is 13.2 Å². The highest BCUT2D eigenvalue weighted by molar-refractivity contribution is 7.88. The second kappa shape index (κ2) is 7.27. The molecule has 1 amide bonds. The lowest BCUT2D eigenvalue weighted by molar-refractivity contribution is 0.0680. The second-order valence-electron chi connectivity index (χ2n) is 6.50. The lowest BCUT2D eigenvalue weighted by Crippen LogP contribution is -2.43. The van der Waals surface area contributed by atoms with Crippen molar-refractivity contribution in [1.29, 1.82) is 0 Å². The Morgan fingerprint density at radius 2 is 2.17 bits per heavy atom. The van der Waals surface area contributed by atoms with Crippen molar-refractivity contribution >= 4 is 27.3 Å². The van der Waals surface area contributed by atoms with Gasteiger partial charge in [-0.25, -0.2) is 18.1 Å². The summed E-state index contributed by atoms with van der Waals surface area (Å²) >= 11 is 1.47. The molecule has 0 aromatic carbocycles. The fraction of sp³-hybridized carbons (Fsp3) is 0.733. The van der Waals surface area contributed by atoms with E-state index in [2.05, 4.69) is 23.6 Å². The maximum absolute atomic E-state index is 12.8. The van der Waals surface area contributed by atoms with Crippen molar-refractivity contribution in [2.75, 3.05) is 25.9 Å². The number of hydrogen-bond donors (Lipinski definition) is 1. The fourth-order valence-electron chi connectivity index (χ4n) is 2.69. The second-order valence-corrected chi connectivity index (χ2v) is 9.37. The van der Waals surface area contributed by atoms with Crippen molar-refractivity contribution in [3.8, 4) is 0 Å². The van der Waals surface area contributed by atoms with Crippen molar-refractivity contribution in [3.05, 3.63) is 15.6 Å². The molecule has 1 saturated heterocycles. The average molecular weight is 360 g/mol. The molecule has 130 valence electrons. The minimum absolute atomic E-state index is 0.0240. The van der Waals surface area contributed by atoms with E-state index in [1.807, 2.05) is 11.8 Å². The van der Waals surface area contributed by atoms with Gasteiger partial charge in [0.2, 0.25) is 10.0 Å². The van der Waals surface area contributed by atoms with Crippen LogP contribution in [0.2, 0.25) is 0 Å². The molecule has 0 spiro atoms. The number of hydrogen-bond acceptors (Lipinski definition) is 5. The van der Waals surface area contributed by atoms with E-state index in [0.29, 0.717) is 23.9 Å². The Morgan fingerprint density at radius 3 is 2.74 bits per heavy atom. The summed E-state index contributed by atoms with van der Waals surface area (Å²) in [6.45, 7) is 7.72. The summed E-state index contributed by atoms with van der Waals surface area (Å²) in [6.07, 6.45) is 2.99. The third-order valence-electron chi connectivity index (χ3n) is 3.94. The normalized spacial score (nSPS) is 19.3. The summed E-state index contributed by atoms with van der Waals surface area (Å²) < 4.78 is 25.0. The molecular formula is C15H25N3O3S2. The molecule has 1 aliphatic heterocycles. The quantitative estimate of drug-likeness (QED) is 0.872. The number of piperidine rings is 1. The van der Waals surface area contributed by atoms with Gasteiger partial charge in [-0.1, -0.05) is 13.8 Å². The summed E-state index contributed by atoms with van der Waals surface area (Å²) in [4.78, 5) is 19.8. The van der Waals surface area contributed by atoms with Crippen LogP contribution in [-0.4, -0.2) is 50.1 Å². The highest BCUT2D eigenvalue weighted by Crippen LogP contribution is 2.27. The van der Waals surface area contributed by atoms with E-state index in [-0.39, 0.29) is 11.8 Å². The number of amides is 1. The molecule has 23 heavy (non-hydrogen) atoms. The van der Waals surface area contributed by atoms with Crippen molar-refractivity contribution in [3.63, 3.8) is 0 Å². The Labute approximate surface area is 142 Å². The zero-order chi connectivity index (χ0) is 17.2. The summed E-state index contributed by atoms with van der Waals surface area (Å²) in [5.41, 5.74) is 0.792. The van der Waals surface area contributed by atoms with Crippen LogP contribution in [0.4, 0.5) is 0 Å². The minimum atomic E-state index is -3.19. The molecule has 1 fully saturated rings. The smallest absolute Gasteiger partial charge is 0.265 e. The number of likely N-dealkylation sites (tertiary alicyclic amines) is 1. The van der Waals surface area contributed by atoms with Crippen LogP contribution in [0, 0.1) is 12.8 Å². The molecule has 0 bridgehead atoms. The molecule has 0 radical (unpaired) electrons. The number of aromatic nitrogens is 1. The molecular weight excluding hydrogens is 334 g/mol. The zero-order valence-electron chi connectivity index (χ0n) is 14.1. The van der Waals surface area contributed by atoms with Gasteiger partial charge in [-0.15, -0.1) is 11.3 Å². The molecule has 0 aliphatic carbocycles. The van der Waals surface area contributed by atoms with Crippen LogP contribution in [0.25, 0.3) is 0 Å². The van der Waals surface area contributed by atoms with Crippen molar-refractivity contribution in [2.24, 2.45) is 5.92 Å². The molecule has 1 atom stereocenters. The highest BCUT2D eigenvalue weighted by Gasteiger charge is 2.27. The maximum Gasteiger partial charge on any atom is 0.265 e. The number of nitrogens with zero attached hydrogens (tertiary/aromatic N) is 2. The topological polar surface area (TPSA) is 79.4 Å². The van der Waals surface area contributed by atoms with Crippen LogP contribution >= 0.6 is 11.3 Å². The molecule has 8 heteroatoms. The molecule has 1 aliphatic rings. The van der Waals surface area contributed by atoms with Gasteiger partial charge >= 0.3 is 0 Å². The van der Waals surface area contributed by atoms with Crippen LogP contribution in [0.5, 0.6) is 0 Å². The van der Waals surface area contributed by atoms with E-state index in [1.54, 1.807) is 0 Å². The predicted octanol–water partition coefficient (Wildman–Crippen LogP) is 1.98. The number of thiazole rings is 1. The first-order valence-electron chi connectivity index (χ1n) is 7.88. The van der Waals surface area contributed by atoms with Crippen LogP contribution in [0.3, 0.4) is 0 Å². The third-order valence-corrected chi connectivity index (χ3v) is 6.08. The average Bonchev–Trinajstić information content (AvgIpc) is 2.86. The van der Waals surface area contributed by atoms with Gasteiger partial charge in [0.1, 0.15) is 4.88 Å². The van der Waals surface area contributed by atoms with Crippen molar-refractivity contribution in [1.82, 2.24) is 14.6 Å². The number of rotatable bonds is 5. The minimum Gasteiger partial charge on any atom is -0.338 e. The molecule has 1 aromatic heterocycles. The summed E-state index contributed by atoms with van der Waals surface area (Å²) in [6, 6.07) is 0. The van der Waals surface area contributed by atoms with Gasteiger partial charge < -0.3 is 4.90 Å². The van der Waals surface area contributed by atoms with E-state index in [1.165, 1.54) is 11.3 Å². The number of carbonyl (C=O) groups excluding carboxylic acids is 1. The Kier molecular flexibility index (Phi) is 5.80. The third kappa shape index (κ3) is 4.99. The van der Waals surface area contributed by atoms with Crippen LogP contribution in [-0.2, 0) is 10.0 Å². The molecule has 1 aromatic rings. The van der Waals surface area contributed by atoms with E-state index in [9.17, 15) is 13.2 Å².